The van der Waals surface area contributed by atoms with Gasteiger partial charge in [-0.1, -0.05) is 24.3 Å². The van der Waals surface area contributed by atoms with E-state index in [1.54, 1.807) is 0 Å². The maximum Gasteiger partial charge on any atom is 0.309 e. The molecule has 20 heavy (non-hydrogen) atoms. The van der Waals surface area contributed by atoms with Gasteiger partial charge in [0.2, 0.25) is 0 Å². The van der Waals surface area contributed by atoms with E-state index in [2.05, 4.69) is 24.8 Å². The Balaban J connectivity index is 2.06. The summed E-state index contributed by atoms with van der Waals surface area (Å²) in [6.07, 6.45) is 0.848. The van der Waals surface area contributed by atoms with Crippen molar-refractivity contribution in [2.45, 2.75) is 39.0 Å². The van der Waals surface area contributed by atoms with E-state index in [0.29, 0.717) is 6.42 Å². The Bertz CT molecular complexity index is 451. The van der Waals surface area contributed by atoms with E-state index in [1.165, 1.54) is 12.7 Å². The van der Waals surface area contributed by atoms with E-state index in [-0.39, 0.29) is 18.2 Å². The van der Waals surface area contributed by atoms with Crippen LogP contribution in [0.3, 0.4) is 0 Å². The summed E-state index contributed by atoms with van der Waals surface area (Å²) in [5.74, 6) is -0.193. The number of nitrogens with zero attached hydrogens (tertiary/aromatic N) is 1. The van der Waals surface area contributed by atoms with E-state index in [4.69, 9.17) is 9.47 Å². The second-order valence-corrected chi connectivity index (χ2v) is 5.47. The van der Waals surface area contributed by atoms with E-state index in [0.717, 1.165) is 25.2 Å². The third-order valence-electron chi connectivity index (χ3n) is 3.57. The van der Waals surface area contributed by atoms with Gasteiger partial charge in [-0.15, -0.1) is 0 Å². The molecule has 0 radical (unpaired) electrons. The molecule has 0 aromatic heterocycles. The molecule has 0 aliphatic carbocycles. The number of methoxy groups -OCH3 is 1. The van der Waals surface area contributed by atoms with Crippen LogP contribution in [-0.2, 0) is 27.2 Å². The molecule has 2 atom stereocenters. The second kappa shape index (κ2) is 6.86. The lowest BCUT2D eigenvalue weighted by molar-refractivity contribution is -0.139. The van der Waals surface area contributed by atoms with E-state index >= 15 is 0 Å². The molecule has 0 unspecified atom stereocenters. The summed E-state index contributed by atoms with van der Waals surface area (Å²) in [6.45, 7) is 6.91. The van der Waals surface area contributed by atoms with Crippen LogP contribution in [0.1, 0.15) is 25.0 Å². The first-order valence-electron chi connectivity index (χ1n) is 7.10. The van der Waals surface area contributed by atoms with Crippen LogP contribution in [0.25, 0.3) is 0 Å². The van der Waals surface area contributed by atoms with Gasteiger partial charge in [-0.2, -0.15) is 0 Å². The highest BCUT2D eigenvalue weighted by Gasteiger charge is 2.22. The van der Waals surface area contributed by atoms with Gasteiger partial charge in [0.15, 0.2) is 0 Å². The molecule has 1 aromatic rings. The van der Waals surface area contributed by atoms with Gasteiger partial charge in [0, 0.05) is 19.6 Å². The van der Waals surface area contributed by atoms with E-state index < -0.39 is 0 Å². The molecule has 2 rings (SSSR count). The quantitative estimate of drug-likeness (QED) is 0.789. The highest BCUT2D eigenvalue weighted by Crippen LogP contribution is 2.17. The minimum Gasteiger partial charge on any atom is -0.469 e. The van der Waals surface area contributed by atoms with E-state index in [9.17, 15) is 4.79 Å². The van der Waals surface area contributed by atoms with Crippen molar-refractivity contribution in [1.82, 2.24) is 4.90 Å². The smallest absolute Gasteiger partial charge is 0.309 e. The Labute approximate surface area is 120 Å². The van der Waals surface area contributed by atoms with Crippen LogP contribution < -0.4 is 0 Å². The molecule has 4 nitrogen and oxygen atoms in total. The van der Waals surface area contributed by atoms with E-state index in [1.807, 2.05) is 18.2 Å². The summed E-state index contributed by atoms with van der Waals surface area (Å²) in [4.78, 5) is 13.9. The molecule has 0 spiro atoms. The Hall–Kier alpha value is -1.39. The van der Waals surface area contributed by atoms with Crippen LogP contribution in [0.2, 0.25) is 0 Å². The fraction of sp³-hybridized carbons (Fsp3) is 0.562. The van der Waals surface area contributed by atoms with Gasteiger partial charge < -0.3 is 9.47 Å². The van der Waals surface area contributed by atoms with Gasteiger partial charge in [-0.25, -0.2) is 0 Å². The zero-order valence-electron chi connectivity index (χ0n) is 12.5. The van der Waals surface area contributed by atoms with Crippen molar-refractivity contribution in [3.8, 4) is 0 Å². The molecule has 1 aliphatic heterocycles. The molecule has 110 valence electrons. The van der Waals surface area contributed by atoms with Gasteiger partial charge in [0.05, 0.1) is 25.7 Å². The first kappa shape index (κ1) is 15.0. The molecule has 0 amide bonds. The van der Waals surface area contributed by atoms with Crippen molar-refractivity contribution in [1.29, 1.82) is 0 Å². The maximum absolute atomic E-state index is 11.5. The Morgan fingerprint density at radius 1 is 1.25 bits per heavy atom. The monoisotopic (exact) mass is 277 g/mol. The fourth-order valence-electron chi connectivity index (χ4n) is 2.77. The highest BCUT2D eigenvalue weighted by atomic mass is 16.5. The summed E-state index contributed by atoms with van der Waals surface area (Å²) < 4.78 is 10.5. The predicted molar refractivity (Wildman–Crippen MR) is 77.4 cm³/mol. The number of hydrogen-bond donors (Lipinski definition) is 0. The lowest BCUT2D eigenvalue weighted by atomic mass is 10.0. The average Bonchev–Trinajstić information content (AvgIpc) is 2.39. The molecular weight excluding hydrogens is 254 g/mol. The largest absolute Gasteiger partial charge is 0.469 e. The summed E-state index contributed by atoms with van der Waals surface area (Å²) in [6, 6.07) is 8.07. The van der Waals surface area contributed by atoms with Crippen LogP contribution in [0, 0.1) is 0 Å². The van der Waals surface area contributed by atoms with Gasteiger partial charge >= 0.3 is 5.97 Å². The van der Waals surface area contributed by atoms with Gasteiger partial charge in [-0.05, 0) is 25.0 Å². The van der Waals surface area contributed by atoms with Crippen molar-refractivity contribution in [3.63, 3.8) is 0 Å². The number of morpholine rings is 1. The van der Waals surface area contributed by atoms with Crippen molar-refractivity contribution >= 4 is 5.97 Å². The first-order valence-corrected chi connectivity index (χ1v) is 7.10. The summed E-state index contributed by atoms with van der Waals surface area (Å²) in [5.41, 5.74) is 2.24. The minimum absolute atomic E-state index is 0.193. The topological polar surface area (TPSA) is 38.8 Å². The number of carbonyl (C=O) groups excluding carboxylic acids is 1. The zero-order valence-corrected chi connectivity index (χ0v) is 12.5. The Kier molecular flexibility index (Phi) is 5.15. The summed E-state index contributed by atoms with van der Waals surface area (Å²) >= 11 is 0. The predicted octanol–water partition coefficient (Wildman–Crippen LogP) is 2.01. The van der Waals surface area contributed by atoms with Crippen LogP contribution in [-0.4, -0.2) is 43.3 Å². The molecule has 1 heterocycles. The number of rotatable bonds is 4. The van der Waals surface area contributed by atoms with Crippen LogP contribution in [0.15, 0.2) is 24.3 Å². The molecule has 4 heteroatoms. The van der Waals surface area contributed by atoms with Crippen molar-refractivity contribution < 1.29 is 14.3 Å². The number of esters is 1. The van der Waals surface area contributed by atoms with Crippen molar-refractivity contribution in [3.05, 3.63) is 35.4 Å². The van der Waals surface area contributed by atoms with Crippen LogP contribution >= 0.6 is 0 Å². The highest BCUT2D eigenvalue weighted by molar-refractivity contribution is 5.72. The lowest BCUT2D eigenvalue weighted by Crippen LogP contribution is -2.44. The number of carbonyl (C=O) groups is 1. The third kappa shape index (κ3) is 4.05. The summed E-state index contributed by atoms with van der Waals surface area (Å²) in [5, 5.41) is 0. The summed E-state index contributed by atoms with van der Waals surface area (Å²) in [7, 11) is 1.43. The normalized spacial score (nSPS) is 23.6. The van der Waals surface area contributed by atoms with Gasteiger partial charge in [0.1, 0.15) is 0 Å². The standard InChI is InChI=1S/C16H23NO3/c1-12-9-17(10-13(2)20-12)11-15-7-5-4-6-14(15)8-16(18)19-3/h4-7,12-13H,8-11H2,1-3H3/t12-,13+. The number of benzene rings is 1. The minimum atomic E-state index is -0.193. The number of hydrogen-bond acceptors (Lipinski definition) is 4. The van der Waals surface area contributed by atoms with Gasteiger partial charge in [0.25, 0.3) is 0 Å². The Morgan fingerprint density at radius 2 is 1.85 bits per heavy atom. The van der Waals surface area contributed by atoms with Crippen molar-refractivity contribution in [2.24, 2.45) is 0 Å². The molecule has 0 N–H and O–H groups in total. The molecule has 0 saturated carbocycles. The zero-order chi connectivity index (χ0) is 14.5. The Morgan fingerprint density at radius 3 is 2.45 bits per heavy atom. The number of ether oxygens (including phenoxy) is 2. The second-order valence-electron chi connectivity index (χ2n) is 5.47. The average molecular weight is 277 g/mol. The van der Waals surface area contributed by atoms with Gasteiger partial charge in [-0.3, -0.25) is 9.69 Å². The molecule has 1 aromatic carbocycles. The fourth-order valence-corrected chi connectivity index (χ4v) is 2.77. The molecular formula is C16H23NO3. The molecule has 1 fully saturated rings. The SMILES string of the molecule is COC(=O)Cc1ccccc1CN1C[C@@H](C)O[C@@H](C)C1. The first-order chi connectivity index (χ1) is 9.58. The molecule has 1 aliphatic rings. The maximum atomic E-state index is 11.5. The lowest BCUT2D eigenvalue weighted by Gasteiger charge is -2.35. The van der Waals surface area contributed by atoms with Crippen molar-refractivity contribution in [2.75, 3.05) is 20.2 Å². The molecule has 1 saturated heterocycles. The molecule has 0 bridgehead atoms. The third-order valence-corrected chi connectivity index (χ3v) is 3.57. The van der Waals surface area contributed by atoms with Crippen LogP contribution in [0.4, 0.5) is 0 Å². The van der Waals surface area contributed by atoms with Crippen LogP contribution in [0.5, 0.6) is 0 Å².